The predicted molar refractivity (Wildman–Crippen MR) is 136 cm³/mol. The Morgan fingerprint density at radius 3 is 1.47 bits per heavy atom. The number of hydrogen-bond donors (Lipinski definition) is 0. The molecule has 0 saturated carbocycles. The van der Waals surface area contributed by atoms with Gasteiger partial charge >= 0.3 is 0 Å². The van der Waals surface area contributed by atoms with Crippen molar-refractivity contribution in [1.29, 1.82) is 0 Å². The number of fused-ring (bicyclic) bond motifs is 2. The van der Waals surface area contributed by atoms with Gasteiger partial charge in [-0.25, -0.2) is 0 Å². The van der Waals surface area contributed by atoms with Crippen LogP contribution in [0.5, 0.6) is 0 Å². The Kier molecular flexibility index (Phi) is 5.54. The van der Waals surface area contributed by atoms with Crippen molar-refractivity contribution in [2.75, 3.05) is 0 Å². The van der Waals surface area contributed by atoms with Crippen LogP contribution in [0.2, 0.25) is 0 Å². The first-order valence-electron chi connectivity index (χ1n) is 12.4. The van der Waals surface area contributed by atoms with Gasteiger partial charge in [-0.1, -0.05) is 36.4 Å². The average molecular weight is 445 g/mol. The molecule has 6 rings (SSSR count). The number of aryl methyl sites for hydroxylation is 4. The highest BCUT2D eigenvalue weighted by Gasteiger charge is 2.21. The van der Waals surface area contributed by atoms with Gasteiger partial charge in [0.1, 0.15) is 0 Å². The summed E-state index contributed by atoms with van der Waals surface area (Å²) >= 11 is 0. The molecule has 3 heteroatoms. The number of aromatic nitrogens is 2. The summed E-state index contributed by atoms with van der Waals surface area (Å²) in [5, 5.41) is 0. The van der Waals surface area contributed by atoms with E-state index in [0.29, 0.717) is 11.1 Å². The molecule has 0 bridgehead atoms. The molecule has 2 aromatic carbocycles. The summed E-state index contributed by atoms with van der Waals surface area (Å²) in [4.78, 5) is 22.6. The zero-order valence-electron chi connectivity index (χ0n) is 19.4. The number of hydrogen-bond acceptors (Lipinski definition) is 3. The summed E-state index contributed by atoms with van der Waals surface area (Å²) in [5.74, 6) is -0.0263. The lowest BCUT2D eigenvalue weighted by molar-refractivity contribution is 0.103. The van der Waals surface area contributed by atoms with Crippen LogP contribution in [-0.2, 0) is 25.7 Å². The van der Waals surface area contributed by atoms with Crippen molar-refractivity contribution in [2.24, 2.45) is 0 Å². The number of pyridine rings is 2. The molecule has 4 aromatic rings. The van der Waals surface area contributed by atoms with E-state index in [9.17, 15) is 4.79 Å². The molecule has 0 saturated heterocycles. The van der Waals surface area contributed by atoms with Crippen molar-refractivity contribution < 1.29 is 4.79 Å². The number of benzene rings is 2. The highest BCUT2D eigenvalue weighted by atomic mass is 16.1. The zero-order chi connectivity index (χ0) is 22.9. The molecule has 0 spiro atoms. The van der Waals surface area contributed by atoms with Crippen molar-refractivity contribution in [1.82, 2.24) is 9.97 Å². The Hall–Kier alpha value is -3.59. The summed E-state index contributed by atoms with van der Waals surface area (Å²) in [6.07, 6.45) is 16.5. The van der Waals surface area contributed by atoms with Crippen LogP contribution in [0.15, 0.2) is 73.3 Å². The van der Waals surface area contributed by atoms with Gasteiger partial charge in [0.25, 0.3) is 0 Å². The second-order valence-corrected chi connectivity index (χ2v) is 9.55. The Balaban J connectivity index is 1.42. The molecule has 0 radical (unpaired) electrons. The summed E-state index contributed by atoms with van der Waals surface area (Å²) in [6.45, 7) is 0. The molecule has 0 fully saturated rings. The highest BCUT2D eigenvalue weighted by Crippen LogP contribution is 2.33. The van der Waals surface area contributed by atoms with E-state index < -0.39 is 0 Å². The number of rotatable bonds is 4. The average Bonchev–Trinajstić information content (AvgIpc) is 2.92. The van der Waals surface area contributed by atoms with E-state index >= 15 is 0 Å². The molecule has 3 nitrogen and oxygen atoms in total. The number of ketones is 1. The fraction of sp³-hybridized carbons (Fsp3) is 0.258. The molecule has 2 heterocycles. The van der Waals surface area contributed by atoms with Gasteiger partial charge in [-0.15, -0.1) is 0 Å². The van der Waals surface area contributed by atoms with E-state index in [1.54, 1.807) is 24.8 Å². The standard InChI is InChI=1S/C31H28N2O/c34-31(29-19-32-15-13-27(29)25-11-9-21-5-1-3-7-23(21)17-25)30-20-33-16-14-28(30)26-12-10-22-6-2-4-8-24(22)18-26/h9-20H,1-8H2. The van der Waals surface area contributed by atoms with Gasteiger partial charge < -0.3 is 0 Å². The molecule has 0 aliphatic heterocycles. The molecule has 0 amide bonds. The number of nitrogens with zero attached hydrogens (tertiary/aromatic N) is 2. The highest BCUT2D eigenvalue weighted by molar-refractivity contribution is 6.15. The van der Waals surface area contributed by atoms with Crippen molar-refractivity contribution in [3.8, 4) is 22.3 Å². The third-order valence-corrected chi connectivity index (χ3v) is 7.45. The lowest BCUT2D eigenvalue weighted by Crippen LogP contribution is -2.08. The molecule has 2 aliphatic carbocycles. The minimum absolute atomic E-state index is 0.0263. The van der Waals surface area contributed by atoms with Gasteiger partial charge in [0.05, 0.1) is 0 Å². The van der Waals surface area contributed by atoms with Gasteiger partial charge in [0.15, 0.2) is 5.78 Å². The van der Waals surface area contributed by atoms with Crippen molar-refractivity contribution >= 4 is 5.78 Å². The molecule has 0 unspecified atom stereocenters. The van der Waals surface area contributed by atoms with Crippen LogP contribution in [0.3, 0.4) is 0 Å². The second kappa shape index (κ2) is 8.98. The van der Waals surface area contributed by atoms with E-state index in [1.807, 2.05) is 12.1 Å². The monoisotopic (exact) mass is 444 g/mol. The molecule has 2 aromatic heterocycles. The van der Waals surface area contributed by atoms with Gasteiger partial charge in [0, 0.05) is 35.9 Å². The summed E-state index contributed by atoms with van der Waals surface area (Å²) in [5.41, 5.74) is 11.0. The molecule has 34 heavy (non-hydrogen) atoms. The van der Waals surface area contributed by atoms with E-state index in [0.717, 1.165) is 47.9 Å². The third kappa shape index (κ3) is 3.86. The Bertz CT molecular complexity index is 1280. The number of carbonyl (C=O) groups excluding carboxylic acids is 1. The van der Waals surface area contributed by atoms with E-state index in [4.69, 9.17) is 0 Å². The lowest BCUT2D eigenvalue weighted by Gasteiger charge is -2.18. The zero-order valence-corrected chi connectivity index (χ0v) is 19.4. The van der Waals surface area contributed by atoms with Crippen molar-refractivity contribution in [3.05, 3.63) is 107 Å². The van der Waals surface area contributed by atoms with Crippen LogP contribution in [0.4, 0.5) is 0 Å². The van der Waals surface area contributed by atoms with E-state index in [1.165, 1.54) is 47.9 Å². The molecule has 2 aliphatic rings. The maximum absolute atomic E-state index is 13.9. The van der Waals surface area contributed by atoms with Crippen LogP contribution < -0.4 is 0 Å². The van der Waals surface area contributed by atoms with Crippen LogP contribution in [-0.4, -0.2) is 15.8 Å². The maximum atomic E-state index is 13.9. The molecular weight excluding hydrogens is 416 g/mol. The molecule has 168 valence electrons. The van der Waals surface area contributed by atoms with E-state index in [-0.39, 0.29) is 5.78 Å². The van der Waals surface area contributed by atoms with Crippen LogP contribution in [0.25, 0.3) is 22.3 Å². The summed E-state index contributed by atoms with van der Waals surface area (Å²) in [6, 6.07) is 17.3. The maximum Gasteiger partial charge on any atom is 0.197 e. The van der Waals surface area contributed by atoms with Gasteiger partial charge in [-0.3, -0.25) is 14.8 Å². The SMILES string of the molecule is O=C(c1cnccc1-c1ccc2c(c1)CCCC2)c1cnccc1-c1ccc2c(c1)CCCC2. The molecule has 0 N–H and O–H groups in total. The molecule has 0 atom stereocenters. The smallest absolute Gasteiger partial charge is 0.197 e. The minimum atomic E-state index is -0.0263. The first-order valence-corrected chi connectivity index (χ1v) is 12.4. The minimum Gasteiger partial charge on any atom is -0.288 e. The van der Waals surface area contributed by atoms with Crippen LogP contribution in [0, 0.1) is 0 Å². The van der Waals surface area contributed by atoms with Gasteiger partial charge in [-0.05, 0) is 108 Å². The summed E-state index contributed by atoms with van der Waals surface area (Å²) in [7, 11) is 0. The number of carbonyl (C=O) groups is 1. The van der Waals surface area contributed by atoms with Crippen molar-refractivity contribution in [2.45, 2.75) is 51.4 Å². The van der Waals surface area contributed by atoms with Crippen LogP contribution in [0.1, 0.15) is 63.9 Å². The van der Waals surface area contributed by atoms with Gasteiger partial charge in [-0.2, -0.15) is 0 Å². The fourth-order valence-corrected chi connectivity index (χ4v) is 5.60. The predicted octanol–water partition coefficient (Wildman–Crippen LogP) is 6.80. The lowest BCUT2D eigenvalue weighted by atomic mass is 9.86. The third-order valence-electron chi connectivity index (χ3n) is 7.45. The Morgan fingerprint density at radius 2 is 1.00 bits per heavy atom. The summed E-state index contributed by atoms with van der Waals surface area (Å²) < 4.78 is 0. The Morgan fingerprint density at radius 1 is 0.559 bits per heavy atom. The fourth-order valence-electron chi connectivity index (χ4n) is 5.60. The largest absolute Gasteiger partial charge is 0.288 e. The van der Waals surface area contributed by atoms with Crippen LogP contribution >= 0.6 is 0 Å². The topological polar surface area (TPSA) is 42.9 Å². The first-order chi connectivity index (χ1) is 16.8. The first kappa shape index (κ1) is 21.0. The van der Waals surface area contributed by atoms with Gasteiger partial charge in [0.2, 0.25) is 0 Å². The molecular formula is C31H28N2O. The second-order valence-electron chi connectivity index (χ2n) is 9.55. The van der Waals surface area contributed by atoms with Crippen molar-refractivity contribution in [3.63, 3.8) is 0 Å². The van der Waals surface area contributed by atoms with E-state index in [2.05, 4.69) is 46.4 Å². The quantitative estimate of drug-likeness (QED) is 0.325. The Labute approximate surface area is 200 Å². The normalized spacial score (nSPS) is 14.8.